The van der Waals surface area contributed by atoms with Gasteiger partial charge in [-0.1, -0.05) is 42.6 Å². The molecule has 0 heterocycles. The Bertz CT molecular complexity index is 353. The lowest BCUT2D eigenvalue weighted by Crippen LogP contribution is -2.18. The minimum atomic E-state index is -0.814. The minimum absolute atomic E-state index is 0.167. The summed E-state index contributed by atoms with van der Waals surface area (Å²) in [6, 6.07) is 9.76. The first kappa shape index (κ1) is 12.5. The van der Waals surface area contributed by atoms with E-state index in [2.05, 4.69) is 12.3 Å². The van der Waals surface area contributed by atoms with Gasteiger partial charge in [-0.25, -0.2) is 0 Å². The third-order valence-electron chi connectivity index (χ3n) is 2.08. The SMILES string of the molecule is C=C=C(OC)C(O)COCc1ccccc1. The average Bonchev–Trinajstić information content (AvgIpc) is 2.32. The monoisotopic (exact) mass is 220 g/mol. The molecule has 0 aliphatic carbocycles. The zero-order valence-corrected chi connectivity index (χ0v) is 9.35. The highest BCUT2D eigenvalue weighted by Crippen LogP contribution is 2.05. The molecule has 1 atom stereocenters. The number of ether oxygens (including phenoxy) is 2. The molecule has 0 bridgehead atoms. The van der Waals surface area contributed by atoms with E-state index >= 15 is 0 Å². The zero-order valence-electron chi connectivity index (χ0n) is 9.35. The summed E-state index contributed by atoms with van der Waals surface area (Å²) in [6.45, 7) is 4.05. The van der Waals surface area contributed by atoms with Crippen LogP contribution in [0.2, 0.25) is 0 Å². The fourth-order valence-corrected chi connectivity index (χ4v) is 1.26. The van der Waals surface area contributed by atoms with Crippen molar-refractivity contribution in [1.82, 2.24) is 0 Å². The van der Waals surface area contributed by atoms with E-state index in [-0.39, 0.29) is 6.61 Å². The van der Waals surface area contributed by atoms with Crippen molar-refractivity contribution in [2.24, 2.45) is 0 Å². The van der Waals surface area contributed by atoms with Crippen molar-refractivity contribution in [3.8, 4) is 0 Å². The number of hydrogen-bond acceptors (Lipinski definition) is 3. The molecule has 1 aromatic rings. The molecular weight excluding hydrogens is 204 g/mol. The largest absolute Gasteiger partial charge is 0.490 e. The van der Waals surface area contributed by atoms with Crippen LogP contribution in [-0.4, -0.2) is 24.9 Å². The second-order valence-electron chi connectivity index (χ2n) is 3.26. The highest BCUT2D eigenvalue weighted by atomic mass is 16.5. The summed E-state index contributed by atoms with van der Waals surface area (Å²) < 4.78 is 10.2. The van der Waals surface area contributed by atoms with Crippen LogP contribution in [0.5, 0.6) is 0 Å². The molecule has 1 N–H and O–H groups in total. The number of rotatable bonds is 6. The second kappa shape index (κ2) is 6.85. The number of hydrogen-bond donors (Lipinski definition) is 1. The third-order valence-corrected chi connectivity index (χ3v) is 2.08. The van der Waals surface area contributed by atoms with Gasteiger partial charge in [0, 0.05) is 0 Å². The van der Waals surface area contributed by atoms with Gasteiger partial charge in [-0.05, 0) is 5.56 Å². The van der Waals surface area contributed by atoms with Gasteiger partial charge in [-0.2, -0.15) is 0 Å². The van der Waals surface area contributed by atoms with E-state index in [1.165, 1.54) is 7.11 Å². The molecule has 0 spiro atoms. The van der Waals surface area contributed by atoms with Gasteiger partial charge in [0.15, 0.2) is 5.76 Å². The smallest absolute Gasteiger partial charge is 0.168 e. The molecule has 0 aromatic heterocycles. The second-order valence-corrected chi connectivity index (χ2v) is 3.26. The van der Waals surface area contributed by atoms with Gasteiger partial charge in [0.25, 0.3) is 0 Å². The molecule has 1 rings (SSSR count). The summed E-state index contributed by atoms with van der Waals surface area (Å²) in [5.74, 6) is 0.299. The lowest BCUT2D eigenvalue weighted by Gasteiger charge is -2.12. The molecule has 0 aliphatic heterocycles. The molecule has 0 saturated heterocycles. The van der Waals surface area contributed by atoms with Crippen LogP contribution in [0.25, 0.3) is 0 Å². The van der Waals surface area contributed by atoms with E-state index < -0.39 is 6.10 Å². The molecular formula is C13H16O3. The Morgan fingerprint density at radius 2 is 2.12 bits per heavy atom. The summed E-state index contributed by atoms with van der Waals surface area (Å²) >= 11 is 0. The first-order valence-corrected chi connectivity index (χ1v) is 5.01. The fraction of sp³-hybridized carbons (Fsp3) is 0.308. The predicted octanol–water partition coefficient (Wildman–Crippen LogP) is 1.88. The Kier molecular flexibility index (Phi) is 5.37. The van der Waals surface area contributed by atoms with Crippen LogP contribution < -0.4 is 0 Å². The Morgan fingerprint density at radius 1 is 1.44 bits per heavy atom. The Labute approximate surface area is 95.6 Å². The van der Waals surface area contributed by atoms with E-state index in [9.17, 15) is 5.11 Å². The van der Waals surface area contributed by atoms with Gasteiger partial charge in [0.2, 0.25) is 0 Å². The lowest BCUT2D eigenvalue weighted by molar-refractivity contribution is 0.0209. The minimum Gasteiger partial charge on any atom is -0.490 e. The Morgan fingerprint density at radius 3 is 2.69 bits per heavy atom. The molecule has 3 heteroatoms. The van der Waals surface area contributed by atoms with Crippen molar-refractivity contribution >= 4 is 0 Å². The standard InChI is InChI=1S/C13H16O3/c1-3-13(15-2)12(14)10-16-9-11-7-5-4-6-8-11/h4-8,12,14H,1,9-10H2,2H3. The van der Waals surface area contributed by atoms with E-state index in [4.69, 9.17) is 9.47 Å². The van der Waals surface area contributed by atoms with Crippen molar-refractivity contribution in [2.75, 3.05) is 13.7 Å². The first-order valence-electron chi connectivity index (χ1n) is 5.01. The molecule has 0 amide bonds. The molecule has 0 radical (unpaired) electrons. The number of benzene rings is 1. The molecule has 1 unspecified atom stereocenters. The quantitative estimate of drug-likeness (QED) is 0.587. The molecule has 1 aromatic carbocycles. The maximum Gasteiger partial charge on any atom is 0.168 e. The van der Waals surface area contributed by atoms with Crippen molar-refractivity contribution in [3.63, 3.8) is 0 Å². The van der Waals surface area contributed by atoms with Crippen LogP contribution in [0, 0.1) is 0 Å². The van der Waals surface area contributed by atoms with Crippen molar-refractivity contribution in [1.29, 1.82) is 0 Å². The van der Waals surface area contributed by atoms with Gasteiger partial charge >= 0.3 is 0 Å². The molecule has 3 nitrogen and oxygen atoms in total. The average molecular weight is 220 g/mol. The lowest BCUT2D eigenvalue weighted by atomic mass is 10.2. The van der Waals surface area contributed by atoms with Crippen LogP contribution in [0.1, 0.15) is 5.56 Å². The predicted molar refractivity (Wildman–Crippen MR) is 61.8 cm³/mol. The maximum absolute atomic E-state index is 9.60. The Balaban J connectivity index is 2.33. The molecule has 0 saturated carbocycles. The van der Waals surface area contributed by atoms with Gasteiger partial charge < -0.3 is 14.6 Å². The van der Waals surface area contributed by atoms with Crippen LogP contribution in [-0.2, 0) is 16.1 Å². The fourth-order valence-electron chi connectivity index (χ4n) is 1.26. The summed E-state index contributed by atoms with van der Waals surface area (Å²) in [7, 11) is 1.47. The van der Waals surface area contributed by atoms with Crippen molar-refractivity contribution in [3.05, 3.63) is 54.0 Å². The summed E-state index contributed by atoms with van der Waals surface area (Å²) in [4.78, 5) is 0. The molecule has 0 fully saturated rings. The van der Waals surface area contributed by atoms with E-state index in [0.717, 1.165) is 5.56 Å². The topological polar surface area (TPSA) is 38.7 Å². The summed E-state index contributed by atoms with van der Waals surface area (Å²) in [5, 5.41) is 9.60. The van der Waals surface area contributed by atoms with Gasteiger partial charge in [0.1, 0.15) is 6.10 Å². The zero-order chi connectivity index (χ0) is 11.8. The van der Waals surface area contributed by atoms with E-state index in [1.54, 1.807) is 0 Å². The van der Waals surface area contributed by atoms with Gasteiger partial charge in [0.05, 0.1) is 20.3 Å². The van der Waals surface area contributed by atoms with Gasteiger partial charge in [-0.3, -0.25) is 0 Å². The van der Waals surface area contributed by atoms with Gasteiger partial charge in [-0.15, -0.1) is 0 Å². The summed E-state index contributed by atoms with van der Waals surface area (Å²) in [6.07, 6.45) is -0.814. The highest BCUT2D eigenvalue weighted by Gasteiger charge is 2.10. The maximum atomic E-state index is 9.60. The first-order chi connectivity index (χ1) is 7.77. The normalized spacial score (nSPS) is 11.6. The van der Waals surface area contributed by atoms with E-state index in [0.29, 0.717) is 12.4 Å². The molecule has 0 aliphatic rings. The number of aliphatic hydroxyl groups is 1. The van der Waals surface area contributed by atoms with Crippen LogP contribution >= 0.6 is 0 Å². The van der Waals surface area contributed by atoms with Crippen LogP contribution in [0.15, 0.2) is 48.4 Å². The highest BCUT2D eigenvalue weighted by molar-refractivity contribution is 5.13. The Hall–Kier alpha value is -1.54. The number of aliphatic hydroxyl groups excluding tert-OH is 1. The van der Waals surface area contributed by atoms with E-state index in [1.807, 2.05) is 30.3 Å². The third kappa shape index (κ3) is 3.91. The molecule has 86 valence electrons. The van der Waals surface area contributed by atoms with Crippen LogP contribution in [0.4, 0.5) is 0 Å². The number of methoxy groups -OCH3 is 1. The molecule has 16 heavy (non-hydrogen) atoms. The van der Waals surface area contributed by atoms with Crippen molar-refractivity contribution in [2.45, 2.75) is 12.7 Å². The van der Waals surface area contributed by atoms with Crippen LogP contribution in [0.3, 0.4) is 0 Å². The van der Waals surface area contributed by atoms with Crippen molar-refractivity contribution < 1.29 is 14.6 Å². The summed E-state index contributed by atoms with van der Waals surface area (Å²) in [5.41, 5.74) is 3.58.